The smallest absolute Gasteiger partial charge is 0.187 e. The van der Waals surface area contributed by atoms with E-state index in [0.717, 1.165) is 0 Å². The molecule has 67 heavy (non-hydrogen) atoms. The van der Waals surface area contributed by atoms with Crippen LogP contribution in [0.5, 0.6) is 0 Å². The molecular weight excluding hydrogens is 924 g/mol. The Morgan fingerprint density at radius 1 is 0.194 bits per heavy atom. The quantitative estimate of drug-likeness (QED) is 0.117. The molecule has 22 fully saturated rings. The van der Waals surface area contributed by atoms with Crippen molar-refractivity contribution in [2.75, 3.05) is 39.6 Å². The van der Waals surface area contributed by atoms with E-state index in [9.17, 15) is 91.9 Å². The minimum absolute atomic E-state index is 0. The maximum Gasteiger partial charge on any atom is 0.187 e. The second-order valence-electron chi connectivity index (χ2n) is 16.8. The fourth-order valence-corrected chi connectivity index (χ4v) is 8.93. The molecule has 22 saturated heterocycles. The topological polar surface area (TPSA) is 475 Å². The number of aliphatic hydroxyl groups is 18. The summed E-state index contributed by atoms with van der Waals surface area (Å²) in [4.78, 5) is 0. The van der Waals surface area contributed by atoms with Crippen molar-refractivity contribution in [3.05, 3.63) is 0 Å². The van der Waals surface area contributed by atoms with E-state index < -0.39 is 224 Å². The van der Waals surface area contributed by atoms with Crippen molar-refractivity contribution in [3.63, 3.8) is 0 Å². The second kappa shape index (κ2) is 23.1. The standard InChI is InChI=1S/C36H60O30.CH4/c37-1-7-25-13(43)19(49)31(55-7)62-26-8(2-38)57-33(21(51)15(26)45)64-28-10(4-40)59-35(23(53)17(28)47)66-30-12(6-42)60-36(24(54)18(30)48)65-29-11(5-41)58-34(22(52)16(29)46)63-27-9(3-39)56-32(61-25)20(50)14(27)44;/h7-54H,1-6H2;1H4/t7?,8?,9?,10?,11?,12?,13-,14-,15-,16-,17-,18-,19?,20?,21?,22?,23?,24?,25-,26-,27-,28-,29-,30-,31-,32-,33-,34-,35-,36-;/m1./s1. The average molecular weight is 989 g/mol. The molecule has 30 heteroatoms. The van der Waals surface area contributed by atoms with Gasteiger partial charge in [-0.3, -0.25) is 0 Å². The van der Waals surface area contributed by atoms with Crippen LogP contribution in [-0.4, -0.2) is 316 Å². The molecule has 12 unspecified atom stereocenters. The first kappa shape index (κ1) is 55.1. The first-order chi connectivity index (χ1) is 31.4. The van der Waals surface area contributed by atoms with Gasteiger partial charge in [0.25, 0.3) is 0 Å². The summed E-state index contributed by atoms with van der Waals surface area (Å²) < 4.78 is 67.9. The maximum absolute atomic E-state index is 11.2. The summed E-state index contributed by atoms with van der Waals surface area (Å²) >= 11 is 0. The summed E-state index contributed by atoms with van der Waals surface area (Å²) in [6, 6.07) is 0. The summed E-state index contributed by atoms with van der Waals surface area (Å²) in [5.74, 6) is 0. The predicted octanol–water partition coefficient (Wildman–Crippen LogP) is -12.4. The Morgan fingerprint density at radius 2 is 0.313 bits per heavy atom. The highest BCUT2D eigenvalue weighted by Crippen LogP contribution is 2.38. The highest BCUT2D eigenvalue weighted by molar-refractivity contribution is 5.01. The first-order valence-corrected chi connectivity index (χ1v) is 21.1. The lowest BCUT2D eigenvalue weighted by atomic mass is 9.94. The van der Waals surface area contributed by atoms with Gasteiger partial charge in [-0.05, 0) is 0 Å². The van der Waals surface area contributed by atoms with Gasteiger partial charge in [0, 0.05) is 0 Å². The zero-order chi connectivity index (χ0) is 48.0. The van der Waals surface area contributed by atoms with Crippen LogP contribution >= 0.6 is 0 Å². The van der Waals surface area contributed by atoms with E-state index in [2.05, 4.69) is 0 Å². The van der Waals surface area contributed by atoms with Gasteiger partial charge in [-0.15, -0.1) is 0 Å². The van der Waals surface area contributed by atoms with Gasteiger partial charge >= 0.3 is 0 Å². The number of rotatable bonds is 6. The van der Waals surface area contributed by atoms with Gasteiger partial charge in [0.2, 0.25) is 0 Å². The third-order valence-electron chi connectivity index (χ3n) is 12.7. The molecule has 12 bridgehead atoms. The molecule has 0 aromatic rings. The number of aliphatic hydroxyl groups excluding tert-OH is 18. The van der Waals surface area contributed by atoms with Crippen LogP contribution < -0.4 is 0 Å². The molecule has 30 atom stereocenters. The summed E-state index contributed by atoms with van der Waals surface area (Å²) in [5.41, 5.74) is 0. The number of hydrogen-bond donors (Lipinski definition) is 18. The van der Waals surface area contributed by atoms with Gasteiger partial charge in [0.05, 0.1) is 39.6 Å². The lowest BCUT2D eigenvalue weighted by Crippen LogP contribution is -2.69. The highest BCUT2D eigenvalue weighted by atomic mass is 16.8. The largest absolute Gasteiger partial charge is 0.394 e. The van der Waals surface area contributed by atoms with Crippen LogP contribution in [0.1, 0.15) is 7.43 Å². The molecule has 0 spiro atoms. The average Bonchev–Trinajstić information content (AvgIpc) is 3.31. The monoisotopic (exact) mass is 988 g/mol. The van der Waals surface area contributed by atoms with Gasteiger partial charge in [-0.25, -0.2) is 0 Å². The molecule has 0 amide bonds. The molecule has 392 valence electrons. The number of hydrogen-bond acceptors (Lipinski definition) is 30. The third kappa shape index (κ3) is 10.7. The van der Waals surface area contributed by atoms with Crippen LogP contribution in [0.2, 0.25) is 0 Å². The van der Waals surface area contributed by atoms with Crippen LogP contribution in [0.4, 0.5) is 0 Å². The van der Waals surface area contributed by atoms with E-state index in [0.29, 0.717) is 0 Å². The Hall–Kier alpha value is -1.20. The third-order valence-corrected chi connectivity index (χ3v) is 12.7. The highest BCUT2D eigenvalue weighted by Gasteiger charge is 2.58. The molecule has 22 aliphatic heterocycles. The lowest BCUT2D eigenvalue weighted by Gasteiger charge is -2.50. The van der Waals surface area contributed by atoms with E-state index in [4.69, 9.17) is 56.8 Å². The van der Waals surface area contributed by atoms with E-state index >= 15 is 0 Å². The van der Waals surface area contributed by atoms with Crippen molar-refractivity contribution in [3.8, 4) is 0 Å². The Morgan fingerprint density at radius 3 is 0.418 bits per heavy atom. The van der Waals surface area contributed by atoms with Crippen LogP contribution in [0.3, 0.4) is 0 Å². The van der Waals surface area contributed by atoms with E-state index in [1.54, 1.807) is 0 Å². The van der Waals surface area contributed by atoms with Gasteiger partial charge in [-0.2, -0.15) is 0 Å². The molecule has 22 aliphatic rings. The first-order valence-electron chi connectivity index (χ1n) is 21.1. The van der Waals surface area contributed by atoms with Crippen molar-refractivity contribution < 1.29 is 149 Å². The van der Waals surface area contributed by atoms with Crippen LogP contribution in [0.15, 0.2) is 0 Å². The molecule has 0 aromatic carbocycles. The second-order valence-corrected chi connectivity index (χ2v) is 16.8. The number of ether oxygens (including phenoxy) is 12. The van der Waals surface area contributed by atoms with Crippen LogP contribution in [0, 0.1) is 0 Å². The fraction of sp³-hybridized carbons (Fsp3) is 1.00. The fourth-order valence-electron chi connectivity index (χ4n) is 8.93. The normalized spacial score (nSPS) is 54.5. The Kier molecular flexibility index (Phi) is 19.0. The SMILES string of the molecule is C.OCC1O[C@@H]2O[C@@H]3C(CO)O[C@H](O[C@@H]4C(CO)O[C@H](O[C@@H]5C(CO)O[C@H](O[C@@H]6C(CO)O[C@H](O[C@@H]7C(CO)O[C@H](O[C@H]1[C@H](O)C2O)C(O)[C@H]7O)C(O)[C@H]6O)C(O)[C@H]5O)C(O)[C@H]4O)C(O)[C@H]3O. The lowest BCUT2D eigenvalue weighted by molar-refractivity contribution is -0.404. The maximum atomic E-state index is 11.2. The summed E-state index contributed by atoms with van der Waals surface area (Å²) in [6.45, 7) is -5.99. The minimum Gasteiger partial charge on any atom is -0.394 e. The summed E-state index contributed by atoms with van der Waals surface area (Å²) in [7, 11) is 0. The van der Waals surface area contributed by atoms with Crippen molar-refractivity contribution in [2.45, 2.75) is 192 Å². The van der Waals surface area contributed by atoms with Crippen molar-refractivity contribution >= 4 is 0 Å². The zero-order valence-corrected chi connectivity index (χ0v) is 34.5. The van der Waals surface area contributed by atoms with Gasteiger partial charge in [-0.1, -0.05) is 7.43 Å². The molecule has 0 radical (unpaired) electrons. The molecule has 30 nitrogen and oxygen atoms in total. The molecule has 18 N–H and O–H groups in total. The van der Waals surface area contributed by atoms with Gasteiger partial charge < -0.3 is 149 Å². The molecule has 0 aliphatic carbocycles. The van der Waals surface area contributed by atoms with E-state index in [-0.39, 0.29) is 7.43 Å². The molecule has 0 aromatic heterocycles. The van der Waals surface area contributed by atoms with Crippen molar-refractivity contribution in [2.24, 2.45) is 0 Å². The summed E-state index contributed by atoms with van der Waals surface area (Å²) in [5, 5.41) is 196. The molecule has 0 saturated carbocycles. The molecule has 22 heterocycles. The summed E-state index contributed by atoms with van der Waals surface area (Å²) in [6.07, 6.45) is -58.5. The predicted molar refractivity (Wildman–Crippen MR) is 203 cm³/mol. The van der Waals surface area contributed by atoms with E-state index in [1.165, 1.54) is 0 Å². The van der Waals surface area contributed by atoms with Crippen LogP contribution in [-0.2, 0) is 56.8 Å². The van der Waals surface area contributed by atoms with Gasteiger partial charge in [0.15, 0.2) is 37.7 Å². The molecule has 22 rings (SSSR count). The van der Waals surface area contributed by atoms with Crippen LogP contribution in [0.25, 0.3) is 0 Å². The molecular formula is C37H64O30. The minimum atomic E-state index is -2.15. The van der Waals surface area contributed by atoms with Crippen molar-refractivity contribution in [1.29, 1.82) is 0 Å². The Balaban J connectivity index is 0.00000741. The van der Waals surface area contributed by atoms with E-state index in [1.807, 2.05) is 0 Å². The van der Waals surface area contributed by atoms with Gasteiger partial charge in [0.1, 0.15) is 146 Å². The zero-order valence-electron chi connectivity index (χ0n) is 34.5. The van der Waals surface area contributed by atoms with Crippen molar-refractivity contribution in [1.82, 2.24) is 0 Å². The Bertz CT molecular complexity index is 1230. The Labute approximate surface area is 380 Å².